The van der Waals surface area contributed by atoms with Crippen molar-refractivity contribution in [3.05, 3.63) is 0 Å². The lowest BCUT2D eigenvalue weighted by Crippen LogP contribution is -2.31. The molecule has 0 aliphatic rings. The van der Waals surface area contributed by atoms with Crippen molar-refractivity contribution in [2.24, 2.45) is 0 Å². The van der Waals surface area contributed by atoms with Crippen LogP contribution in [-0.4, -0.2) is 34.5 Å². The first-order chi connectivity index (χ1) is 7.43. The van der Waals surface area contributed by atoms with Gasteiger partial charge in [0.2, 0.25) is 0 Å². The second kappa shape index (κ2) is 7.60. The maximum absolute atomic E-state index is 10.8. The number of rotatable bonds is 9. The summed E-state index contributed by atoms with van der Waals surface area (Å²) in [5, 5.41) is 17.5. The quantitative estimate of drug-likeness (QED) is 0.361. The molecule has 0 rings (SSSR count). The van der Waals surface area contributed by atoms with Crippen LogP contribution in [0.15, 0.2) is 0 Å². The van der Waals surface area contributed by atoms with Gasteiger partial charge in [-0.3, -0.25) is 0 Å². The molecule has 5 heteroatoms. The highest BCUT2D eigenvalue weighted by Crippen LogP contribution is 2.16. The summed E-state index contributed by atoms with van der Waals surface area (Å²) in [6, 6.07) is 0. The summed E-state index contributed by atoms with van der Waals surface area (Å²) in [7, 11) is 0. The van der Waals surface area contributed by atoms with Gasteiger partial charge in [0.05, 0.1) is 5.60 Å². The van der Waals surface area contributed by atoms with Gasteiger partial charge < -0.3 is 10.2 Å². The van der Waals surface area contributed by atoms with Crippen molar-refractivity contribution in [2.45, 2.75) is 58.2 Å². The Morgan fingerprint density at radius 3 is 2.44 bits per heavy atom. The molecule has 96 valence electrons. The van der Waals surface area contributed by atoms with Crippen molar-refractivity contribution in [3.63, 3.8) is 0 Å². The Morgan fingerprint density at radius 2 is 2.00 bits per heavy atom. The van der Waals surface area contributed by atoms with Gasteiger partial charge in [-0.1, -0.05) is 6.92 Å². The Bertz CT molecular complexity index is 203. The normalized spacial score (nSPS) is 13.8. The van der Waals surface area contributed by atoms with Crippen molar-refractivity contribution in [3.8, 4) is 0 Å². The molecule has 0 saturated heterocycles. The van der Waals surface area contributed by atoms with Gasteiger partial charge in [-0.2, -0.15) is 0 Å². The minimum atomic E-state index is -1.04. The van der Waals surface area contributed by atoms with E-state index in [1.807, 2.05) is 20.8 Å². The van der Waals surface area contributed by atoms with Crippen LogP contribution >= 0.6 is 0 Å². The molecule has 0 aromatic carbocycles. The van der Waals surface area contributed by atoms with E-state index < -0.39 is 17.7 Å². The fourth-order valence-corrected chi connectivity index (χ4v) is 0.902. The maximum Gasteiger partial charge on any atom is 0.336 e. The molecule has 0 amide bonds. The summed E-state index contributed by atoms with van der Waals surface area (Å²) < 4.78 is 0. The molecule has 0 aliphatic carbocycles. The van der Waals surface area contributed by atoms with Gasteiger partial charge in [0, 0.05) is 6.61 Å². The van der Waals surface area contributed by atoms with E-state index in [9.17, 15) is 4.79 Å². The molecule has 0 aliphatic heterocycles. The monoisotopic (exact) mass is 234 g/mol. The predicted molar refractivity (Wildman–Crippen MR) is 58.9 cm³/mol. The Labute approximate surface area is 96.3 Å². The molecular weight excluding hydrogens is 212 g/mol. The average Bonchev–Trinajstić information content (AvgIpc) is 2.22. The van der Waals surface area contributed by atoms with Gasteiger partial charge in [-0.25, -0.2) is 14.6 Å². The first kappa shape index (κ1) is 15.3. The third-order valence-corrected chi connectivity index (χ3v) is 2.39. The molecule has 2 N–H and O–H groups in total. The minimum Gasteiger partial charge on any atom is -0.479 e. The zero-order valence-electron chi connectivity index (χ0n) is 10.2. The highest BCUT2D eigenvalue weighted by atomic mass is 17.2. The van der Waals surface area contributed by atoms with E-state index in [1.54, 1.807) is 0 Å². The number of carboxylic acids is 1. The molecule has 16 heavy (non-hydrogen) atoms. The topological polar surface area (TPSA) is 76.0 Å². The number of carboxylic acid groups (broad SMARTS) is 1. The van der Waals surface area contributed by atoms with Crippen molar-refractivity contribution in [1.29, 1.82) is 0 Å². The molecule has 5 nitrogen and oxygen atoms in total. The molecule has 0 spiro atoms. The molecule has 0 bridgehead atoms. The van der Waals surface area contributed by atoms with Crippen LogP contribution in [0.25, 0.3) is 0 Å². The number of aliphatic hydroxyl groups excluding tert-OH is 1. The highest BCUT2D eigenvalue weighted by Gasteiger charge is 2.24. The van der Waals surface area contributed by atoms with Gasteiger partial charge >= 0.3 is 5.97 Å². The Hall–Kier alpha value is -0.650. The van der Waals surface area contributed by atoms with Crippen LogP contribution in [0.3, 0.4) is 0 Å². The molecular formula is C11H22O5. The summed E-state index contributed by atoms with van der Waals surface area (Å²) in [6.45, 7) is 5.66. The highest BCUT2D eigenvalue weighted by molar-refractivity contribution is 5.72. The van der Waals surface area contributed by atoms with Crippen LogP contribution in [-0.2, 0) is 14.6 Å². The Morgan fingerprint density at radius 1 is 1.38 bits per heavy atom. The predicted octanol–water partition coefficient (Wildman–Crippen LogP) is 1.74. The maximum atomic E-state index is 10.8. The smallest absolute Gasteiger partial charge is 0.336 e. The van der Waals surface area contributed by atoms with Crippen LogP contribution < -0.4 is 0 Å². The fourth-order valence-electron chi connectivity index (χ4n) is 0.902. The third-order valence-electron chi connectivity index (χ3n) is 2.39. The summed E-state index contributed by atoms with van der Waals surface area (Å²) in [5.41, 5.74) is -0.481. The van der Waals surface area contributed by atoms with E-state index >= 15 is 0 Å². The Balaban J connectivity index is 3.99. The Kier molecular flexibility index (Phi) is 7.29. The lowest BCUT2D eigenvalue weighted by atomic mass is 10.1. The summed E-state index contributed by atoms with van der Waals surface area (Å²) >= 11 is 0. The number of aliphatic hydroxyl groups is 1. The van der Waals surface area contributed by atoms with Gasteiger partial charge in [0.25, 0.3) is 0 Å². The van der Waals surface area contributed by atoms with E-state index in [-0.39, 0.29) is 6.61 Å². The zero-order chi connectivity index (χ0) is 12.6. The third kappa shape index (κ3) is 6.76. The first-order valence-electron chi connectivity index (χ1n) is 5.61. The minimum absolute atomic E-state index is 0.0631. The van der Waals surface area contributed by atoms with Crippen molar-refractivity contribution in [1.82, 2.24) is 0 Å². The summed E-state index contributed by atoms with van der Waals surface area (Å²) in [5.74, 6) is -1.04. The van der Waals surface area contributed by atoms with Crippen LogP contribution in [0.1, 0.15) is 46.5 Å². The molecule has 0 heterocycles. The number of aliphatic carboxylic acids is 1. The van der Waals surface area contributed by atoms with Crippen LogP contribution in [0.5, 0.6) is 0 Å². The van der Waals surface area contributed by atoms with Gasteiger partial charge in [0.1, 0.15) is 0 Å². The van der Waals surface area contributed by atoms with Crippen LogP contribution in [0.2, 0.25) is 0 Å². The van der Waals surface area contributed by atoms with E-state index in [2.05, 4.69) is 0 Å². The number of unbranched alkanes of at least 4 members (excludes halogenated alkanes) is 1. The van der Waals surface area contributed by atoms with Gasteiger partial charge in [-0.05, 0) is 39.5 Å². The standard InChI is InChI=1S/C11H22O5/c1-4-11(2,3)16-15-9(10(13)14)7-5-6-8-12/h9,12H,4-8H2,1-3H3,(H,13,14). The first-order valence-corrected chi connectivity index (χ1v) is 5.61. The largest absolute Gasteiger partial charge is 0.479 e. The molecule has 0 fully saturated rings. The number of hydrogen-bond donors (Lipinski definition) is 2. The van der Waals surface area contributed by atoms with Crippen LogP contribution in [0, 0.1) is 0 Å². The molecule has 0 aromatic rings. The average molecular weight is 234 g/mol. The van der Waals surface area contributed by atoms with Gasteiger partial charge in [0.15, 0.2) is 6.10 Å². The molecule has 1 unspecified atom stereocenters. The van der Waals surface area contributed by atoms with Crippen molar-refractivity contribution >= 4 is 5.97 Å². The lowest BCUT2D eigenvalue weighted by Gasteiger charge is -2.23. The van der Waals surface area contributed by atoms with E-state index in [1.165, 1.54) is 0 Å². The van der Waals surface area contributed by atoms with E-state index in [4.69, 9.17) is 20.0 Å². The molecule has 0 aromatic heterocycles. The van der Waals surface area contributed by atoms with E-state index in [0.717, 1.165) is 6.42 Å². The number of carbonyl (C=O) groups is 1. The van der Waals surface area contributed by atoms with Crippen molar-refractivity contribution in [2.75, 3.05) is 6.61 Å². The molecule has 0 radical (unpaired) electrons. The van der Waals surface area contributed by atoms with Gasteiger partial charge in [-0.15, -0.1) is 0 Å². The number of hydrogen-bond acceptors (Lipinski definition) is 4. The zero-order valence-corrected chi connectivity index (χ0v) is 10.2. The fraction of sp³-hybridized carbons (Fsp3) is 0.909. The van der Waals surface area contributed by atoms with Crippen molar-refractivity contribution < 1.29 is 24.8 Å². The second-order valence-corrected chi connectivity index (χ2v) is 4.34. The SMILES string of the molecule is CCC(C)(C)OOC(CCCCO)C(=O)O. The van der Waals surface area contributed by atoms with Crippen LogP contribution in [0.4, 0.5) is 0 Å². The lowest BCUT2D eigenvalue weighted by molar-refractivity contribution is -0.373. The summed E-state index contributed by atoms with van der Waals surface area (Å²) in [4.78, 5) is 20.8. The summed E-state index contributed by atoms with van der Waals surface area (Å²) in [6.07, 6.45) is 1.29. The van der Waals surface area contributed by atoms with E-state index in [0.29, 0.717) is 19.3 Å². The second-order valence-electron chi connectivity index (χ2n) is 4.34. The molecule has 1 atom stereocenters. The molecule has 0 saturated carbocycles.